The lowest BCUT2D eigenvalue weighted by atomic mass is 10.1. The predicted molar refractivity (Wildman–Crippen MR) is 75.7 cm³/mol. The van der Waals surface area contributed by atoms with Crippen LogP contribution in [-0.4, -0.2) is 4.98 Å². The SMILES string of the molecule is C[C@H](NCc1cc2ccccc2o1)c1ccncc1. The predicted octanol–water partition coefficient (Wildman–Crippen LogP) is 3.68. The third kappa shape index (κ3) is 2.66. The molecule has 3 aromatic rings. The standard InChI is InChI=1S/C16H16N2O/c1-12(13-6-8-17-9-7-13)18-11-15-10-14-4-2-3-5-16(14)19-15/h2-10,12,18H,11H2,1H3/t12-/m0/s1. The maximum Gasteiger partial charge on any atom is 0.134 e. The van der Waals surface area contributed by atoms with E-state index in [4.69, 9.17) is 4.42 Å². The highest BCUT2D eigenvalue weighted by Gasteiger charge is 2.07. The van der Waals surface area contributed by atoms with Crippen LogP contribution in [0.15, 0.2) is 59.3 Å². The number of nitrogens with one attached hydrogen (secondary N) is 1. The smallest absolute Gasteiger partial charge is 0.134 e. The minimum Gasteiger partial charge on any atom is -0.460 e. The molecule has 0 fully saturated rings. The number of fused-ring (bicyclic) bond motifs is 1. The topological polar surface area (TPSA) is 38.1 Å². The van der Waals surface area contributed by atoms with E-state index in [1.54, 1.807) is 0 Å². The molecule has 0 bridgehead atoms. The van der Waals surface area contributed by atoms with Gasteiger partial charge in [0.1, 0.15) is 11.3 Å². The van der Waals surface area contributed by atoms with Crippen molar-refractivity contribution < 1.29 is 4.42 Å². The average molecular weight is 252 g/mol. The Hall–Kier alpha value is -2.13. The minimum absolute atomic E-state index is 0.274. The largest absolute Gasteiger partial charge is 0.460 e. The molecule has 0 aliphatic rings. The van der Waals surface area contributed by atoms with Gasteiger partial charge < -0.3 is 9.73 Å². The van der Waals surface area contributed by atoms with E-state index in [1.165, 1.54) is 5.56 Å². The second-order valence-electron chi connectivity index (χ2n) is 4.63. The van der Waals surface area contributed by atoms with Gasteiger partial charge in [0.15, 0.2) is 0 Å². The second-order valence-corrected chi connectivity index (χ2v) is 4.63. The number of nitrogens with zero attached hydrogens (tertiary/aromatic N) is 1. The summed E-state index contributed by atoms with van der Waals surface area (Å²) in [4.78, 5) is 4.03. The lowest BCUT2D eigenvalue weighted by Crippen LogP contribution is -2.17. The zero-order chi connectivity index (χ0) is 13.1. The van der Waals surface area contributed by atoms with Crippen molar-refractivity contribution in [2.45, 2.75) is 19.5 Å². The van der Waals surface area contributed by atoms with Gasteiger partial charge in [-0.15, -0.1) is 0 Å². The van der Waals surface area contributed by atoms with Crippen LogP contribution in [0.4, 0.5) is 0 Å². The molecule has 1 N–H and O–H groups in total. The highest BCUT2D eigenvalue weighted by molar-refractivity contribution is 5.77. The monoisotopic (exact) mass is 252 g/mol. The Morgan fingerprint density at radius 2 is 1.95 bits per heavy atom. The van der Waals surface area contributed by atoms with Crippen LogP contribution in [0.1, 0.15) is 24.3 Å². The van der Waals surface area contributed by atoms with Gasteiger partial charge in [-0.1, -0.05) is 18.2 Å². The first-order valence-corrected chi connectivity index (χ1v) is 6.44. The third-order valence-electron chi connectivity index (χ3n) is 3.27. The van der Waals surface area contributed by atoms with Crippen LogP contribution in [0.5, 0.6) is 0 Å². The summed E-state index contributed by atoms with van der Waals surface area (Å²) in [5, 5.41) is 4.60. The molecule has 1 aromatic carbocycles. The van der Waals surface area contributed by atoms with Crippen molar-refractivity contribution in [3.63, 3.8) is 0 Å². The van der Waals surface area contributed by atoms with Crippen LogP contribution in [-0.2, 0) is 6.54 Å². The Morgan fingerprint density at radius 3 is 2.74 bits per heavy atom. The molecule has 2 heterocycles. The number of aromatic nitrogens is 1. The van der Waals surface area contributed by atoms with Crippen molar-refractivity contribution in [2.24, 2.45) is 0 Å². The van der Waals surface area contributed by atoms with Crippen LogP contribution in [0.2, 0.25) is 0 Å². The zero-order valence-electron chi connectivity index (χ0n) is 10.8. The highest BCUT2D eigenvalue weighted by Crippen LogP contribution is 2.19. The zero-order valence-corrected chi connectivity index (χ0v) is 10.8. The lowest BCUT2D eigenvalue weighted by Gasteiger charge is -2.12. The van der Waals surface area contributed by atoms with Crippen molar-refractivity contribution >= 4 is 11.0 Å². The van der Waals surface area contributed by atoms with Crippen LogP contribution < -0.4 is 5.32 Å². The van der Waals surface area contributed by atoms with Gasteiger partial charge in [-0.25, -0.2) is 0 Å². The number of hydrogen-bond acceptors (Lipinski definition) is 3. The highest BCUT2D eigenvalue weighted by atomic mass is 16.3. The van der Waals surface area contributed by atoms with E-state index >= 15 is 0 Å². The summed E-state index contributed by atoms with van der Waals surface area (Å²) in [6, 6.07) is 14.5. The molecule has 2 aromatic heterocycles. The maximum absolute atomic E-state index is 5.78. The molecule has 0 spiro atoms. The average Bonchev–Trinajstić information content (AvgIpc) is 2.88. The minimum atomic E-state index is 0.274. The van der Waals surface area contributed by atoms with Gasteiger partial charge in [0.05, 0.1) is 6.54 Å². The molecule has 3 nitrogen and oxygen atoms in total. The molecule has 1 atom stereocenters. The maximum atomic E-state index is 5.78. The van der Waals surface area contributed by atoms with Gasteiger partial charge >= 0.3 is 0 Å². The Kier molecular flexibility index (Phi) is 3.29. The molecule has 0 aliphatic heterocycles. The fraction of sp³-hybridized carbons (Fsp3) is 0.188. The van der Waals surface area contributed by atoms with E-state index in [0.717, 1.165) is 23.3 Å². The van der Waals surface area contributed by atoms with E-state index in [2.05, 4.69) is 29.4 Å². The number of hydrogen-bond donors (Lipinski definition) is 1. The van der Waals surface area contributed by atoms with E-state index in [9.17, 15) is 0 Å². The van der Waals surface area contributed by atoms with Crippen molar-refractivity contribution in [1.29, 1.82) is 0 Å². The molecular weight excluding hydrogens is 236 g/mol. The molecule has 0 saturated heterocycles. The van der Waals surface area contributed by atoms with Gasteiger partial charge in [-0.05, 0) is 36.8 Å². The molecule has 0 unspecified atom stereocenters. The molecule has 0 amide bonds. The molecule has 96 valence electrons. The molecule has 0 aliphatic carbocycles. The Morgan fingerprint density at radius 1 is 1.16 bits per heavy atom. The van der Waals surface area contributed by atoms with Crippen LogP contribution in [0.25, 0.3) is 11.0 Å². The van der Waals surface area contributed by atoms with Crippen LogP contribution >= 0.6 is 0 Å². The summed E-state index contributed by atoms with van der Waals surface area (Å²) in [5.41, 5.74) is 2.17. The quantitative estimate of drug-likeness (QED) is 0.769. The molecule has 0 radical (unpaired) electrons. The Labute approximate surface area is 112 Å². The summed E-state index contributed by atoms with van der Waals surface area (Å²) in [5.74, 6) is 0.960. The fourth-order valence-electron chi connectivity index (χ4n) is 2.15. The molecule has 0 saturated carbocycles. The van der Waals surface area contributed by atoms with Crippen LogP contribution in [0, 0.1) is 0 Å². The lowest BCUT2D eigenvalue weighted by molar-refractivity contribution is 0.482. The first kappa shape index (κ1) is 11.9. The summed E-state index contributed by atoms with van der Waals surface area (Å²) < 4.78 is 5.78. The van der Waals surface area contributed by atoms with Crippen LogP contribution in [0.3, 0.4) is 0 Å². The Balaban J connectivity index is 1.69. The van der Waals surface area contributed by atoms with E-state index < -0.39 is 0 Å². The number of pyridine rings is 1. The van der Waals surface area contributed by atoms with Crippen molar-refractivity contribution in [3.05, 3.63) is 66.2 Å². The van der Waals surface area contributed by atoms with E-state index in [1.807, 2.05) is 42.7 Å². The summed E-state index contributed by atoms with van der Waals surface area (Å²) >= 11 is 0. The number of rotatable bonds is 4. The van der Waals surface area contributed by atoms with Gasteiger partial charge in [0.2, 0.25) is 0 Å². The van der Waals surface area contributed by atoms with Crippen molar-refractivity contribution in [3.8, 4) is 0 Å². The molecule has 3 heteroatoms. The van der Waals surface area contributed by atoms with E-state index in [0.29, 0.717) is 0 Å². The first-order chi connectivity index (χ1) is 9.33. The van der Waals surface area contributed by atoms with Gasteiger partial charge in [-0.2, -0.15) is 0 Å². The summed E-state index contributed by atoms with van der Waals surface area (Å²) in [6.45, 7) is 2.86. The van der Waals surface area contributed by atoms with Gasteiger partial charge in [0, 0.05) is 23.8 Å². The summed E-state index contributed by atoms with van der Waals surface area (Å²) in [7, 11) is 0. The number of benzene rings is 1. The molecule has 19 heavy (non-hydrogen) atoms. The molecular formula is C16H16N2O. The normalized spacial score (nSPS) is 12.7. The first-order valence-electron chi connectivity index (χ1n) is 6.44. The fourth-order valence-corrected chi connectivity index (χ4v) is 2.15. The third-order valence-corrected chi connectivity index (χ3v) is 3.27. The van der Waals surface area contributed by atoms with Gasteiger partial charge in [-0.3, -0.25) is 4.98 Å². The van der Waals surface area contributed by atoms with Crippen molar-refractivity contribution in [1.82, 2.24) is 10.3 Å². The molecule has 3 rings (SSSR count). The summed E-state index contributed by atoms with van der Waals surface area (Å²) in [6.07, 6.45) is 3.63. The van der Waals surface area contributed by atoms with Gasteiger partial charge in [0.25, 0.3) is 0 Å². The van der Waals surface area contributed by atoms with Crippen molar-refractivity contribution in [2.75, 3.05) is 0 Å². The van der Waals surface area contributed by atoms with E-state index in [-0.39, 0.29) is 6.04 Å². The number of para-hydroxylation sites is 1. The second kappa shape index (κ2) is 5.24. The Bertz CT molecular complexity index is 628. The number of furan rings is 1.